The summed E-state index contributed by atoms with van der Waals surface area (Å²) in [6.07, 6.45) is -4.52. The Morgan fingerprint density at radius 2 is 1.87 bits per heavy atom. The van der Waals surface area contributed by atoms with Gasteiger partial charge in [-0.2, -0.15) is 13.2 Å². The molecule has 1 aromatic heterocycles. The molecule has 0 aliphatic rings. The number of thioether (sulfide) groups is 1. The molecule has 3 aromatic rings. The van der Waals surface area contributed by atoms with Gasteiger partial charge in [0.1, 0.15) is 10.8 Å². The number of hydrogen-bond acceptors (Lipinski definition) is 5. The molecule has 1 heterocycles. The van der Waals surface area contributed by atoms with Crippen LogP contribution in [-0.4, -0.2) is 29.0 Å². The fourth-order valence-electron chi connectivity index (χ4n) is 2.71. The van der Waals surface area contributed by atoms with Gasteiger partial charge < -0.3 is 10.1 Å². The van der Waals surface area contributed by atoms with Crippen LogP contribution < -0.4 is 10.1 Å². The number of nitrogens with zero attached hydrogens (tertiary/aromatic N) is 2. The highest BCUT2D eigenvalue weighted by molar-refractivity contribution is 7.99. The van der Waals surface area contributed by atoms with Crippen molar-refractivity contribution in [2.75, 3.05) is 18.2 Å². The number of methoxy groups -OCH3 is 1. The number of aromatic nitrogens is 2. The Bertz CT molecular complexity index is 1040. The van der Waals surface area contributed by atoms with Crippen molar-refractivity contribution in [1.82, 2.24) is 10.2 Å². The van der Waals surface area contributed by atoms with E-state index in [-0.39, 0.29) is 17.2 Å². The average molecular weight is 433 g/mol. The Morgan fingerprint density at radius 3 is 2.50 bits per heavy atom. The molecule has 0 atom stereocenters. The van der Waals surface area contributed by atoms with Crippen LogP contribution in [0, 0.1) is 6.92 Å². The van der Waals surface area contributed by atoms with E-state index in [2.05, 4.69) is 15.5 Å². The van der Waals surface area contributed by atoms with Gasteiger partial charge in [-0.1, -0.05) is 36.0 Å². The number of rotatable bonds is 6. The van der Waals surface area contributed by atoms with E-state index in [4.69, 9.17) is 4.74 Å². The molecule has 0 saturated heterocycles. The lowest BCUT2D eigenvalue weighted by Gasteiger charge is -2.13. The molecule has 30 heavy (non-hydrogen) atoms. The van der Waals surface area contributed by atoms with Crippen molar-refractivity contribution >= 4 is 23.4 Å². The Labute approximate surface area is 175 Å². The number of alkyl halides is 3. The molecule has 0 unspecified atom stereocenters. The number of halogens is 3. The number of carbonyl (C=O) groups excluding carboxylic acids is 1. The minimum Gasteiger partial charge on any atom is -0.495 e. The minimum absolute atomic E-state index is 0.0427. The SMILES string of the molecule is COc1ccc(C(F)(F)F)cc1NC(=O)CSc1ccc(-c2ccccc2C)nn1. The normalized spacial score (nSPS) is 11.2. The smallest absolute Gasteiger partial charge is 0.416 e. The Hall–Kier alpha value is -3.07. The number of nitrogens with one attached hydrogen (secondary N) is 1. The molecule has 0 radical (unpaired) electrons. The van der Waals surface area contributed by atoms with Gasteiger partial charge in [0.25, 0.3) is 0 Å². The molecule has 2 aromatic carbocycles. The number of hydrogen-bond donors (Lipinski definition) is 1. The summed E-state index contributed by atoms with van der Waals surface area (Å²) in [5, 5.41) is 11.3. The molecule has 9 heteroatoms. The third-order valence-corrected chi connectivity index (χ3v) is 5.13. The van der Waals surface area contributed by atoms with Gasteiger partial charge in [-0.3, -0.25) is 4.79 Å². The number of carbonyl (C=O) groups is 1. The third kappa shape index (κ3) is 5.29. The summed E-state index contributed by atoms with van der Waals surface area (Å²) in [5.74, 6) is -0.385. The lowest BCUT2D eigenvalue weighted by molar-refractivity contribution is -0.137. The topological polar surface area (TPSA) is 64.1 Å². The van der Waals surface area contributed by atoms with Crippen LogP contribution >= 0.6 is 11.8 Å². The van der Waals surface area contributed by atoms with Crippen LogP contribution in [0.25, 0.3) is 11.3 Å². The lowest BCUT2D eigenvalue weighted by atomic mass is 10.1. The number of benzene rings is 2. The van der Waals surface area contributed by atoms with E-state index in [0.29, 0.717) is 5.03 Å². The summed E-state index contributed by atoms with van der Waals surface area (Å²) < 4.78 is 43.8. The van der Waals surface area contributed by atoms with Gasteiger partial charge >= 0.3 is 6.18 Å². The molecule has 3 rings (SSSR count). The number of anilines is 1. The summed E-state index contributed by atoms with van der Waals surface area (Å²) in [7, 11) is 1.32. The van der Waals surface area contributed by atoms with E-state index in [0.717, 1.165) is 40.7 Å². The first kappa shape index (κ1) is 21.6. The summed E-state index contributed by atoms with van der Waals surface area (Å²) in [5.41, 5.74) is 1.84. The third-order valence-electron chi connectivity index (χ3n) is 4.21. The average Bonchev–Trinajstić information content (AvgIpc) is 2.72. The zero-order chi connectivity index (χ0) is 21.7. The quantitative estimate of drug-likeness (QED) is 0.541. The lowest BCUT2D eigenvalue weighted by Crippen LogP contribution is -2.16. The molecular weight excluding hydrogens is 415 g/mol. The van der Waals surface area contributed by atoms with Crippen LogP contribution in [0.15, 0.2) is 59.6 Å². The van der Waals surface area contributed by atoms with Crippen molar-refractivity contribution in [2.45, 2.75) is 18.1 Å². The maximum atomic E-state index is 12.9. The molecule has 0 spiro atoms. The summed E-state index contributed by atoms with van der Waals surface area (Å²) in [6.45, 7) is 1.98. The molecule has 156 valence electrons. The fraction of sp³-hybridized carbons (Fsp3) is 0.190. The zero-order valence-electron chi connectivity index (χ0n) is 16.2. The molecule has 1 N–H and O–H groups in total. The first-order chi connectivity index (χ1) is 14.3. The van der Waals surface area contributed by atoms with Crippen molar-refractivity contribution in [2.24, 2.45) is 0 Å². The van der Waals surface area contributed by atoms with Crippen LogP contribution in [-0.2, 0) is 11.0 Å². The van der Waals surface area contributed by atoms with Gasteiger partial charge in [-0.15, -0.1) is 10.2 Å². The molecule has 0 fully saturated rings. The predicted molar refractivity (Wildman–Crippen MR) is 110 cm³/mol. The molecule has 0 saturated carbocycles. The Balaban J connectivity index is 1.64. The number of aryl methyl sites for hydroxylation is 1. The van der Waals surface area contributed by atoms with Crippen LogP contribution in [0.4, 0.5) is 18.9 Å². The van der Waals surface area contributed by atoms with E-state index in [1.807, 2.05) is 37.3 Å². The van der Waals surface area contributed by atoms with E-state index in [1.54, 1.807) is 6.07 Å². The molecule has 1 amide bonds. The van der Waals surface area contributed by atoms with Crippen LogP contribution in [0.1, 0.15) is 11.1 Å². The first-order valence-corrected chi connectivity index (χ1v) is 9.84. The van der Waals surface area contributed by atoms with Gasteiger partial charge in [0.15, 0.2) is 0 Å². The zero-order valence-corrected chi connectivity index (χ0v) is 17.0. The highest BCUT2D eigenvalue weighted by atomic mass is 32.2. The molecule has 5 nitrogen and oxygen atoms in total. The van der Waals surface area contributed by atoms with Crippen molar-refractivity contribution in [3.63, 3.8) is 0 Å². The van der Waals surface area contributed by atoms with Gasteiger partial charge in [-0.05, 0) is 42.8 Å². The summed E-state index contributed by atoms with van der Waals surface area (Å²) in [6, 6.07) is 14.2. The van der Waals surface area contributed by atoms with Crippen molar-refractivity contribution in [3.05, 3.63) is 65.7 Å². The predicted octanol–water partition coefficient (Wildman–Crippen LogP) is 5.21. The monoisotopic (exact) mass is 433 g/mol. The van der Waals surface area contributed by atoms with Crippen LogP contribution in [0.3, 0.4) is 0 Å². The van der Waals surface area contributed by atoms with Gasteiger partial charge in [-0.25, -0.2) is 0 Å². The number of amides is 1. The Morgan fingerprint density at radius 1 is 1.10 bits per heavy atom. The van der Waals surface area contributed by atoms with Crippen molar-refractivity contribution in [1.29, 1.82) is 0 Å². The van der Waals surface area contributed by atoms with Gasteiger partial charge in [0, 0.05) is 5.56 Å². The van der Waals surface area contributed by atoms with Crippen molar-refractivity contribution in [3.8, 4) is 17.0 Å². The standard InChI is InChI=1S/C21H18F3N3O2S/c1-13-5-3-4-6-15(13)16-8-10-20(27-26-16)30-12-19(28)25-17-11-14(21(22,23)24)7-9-18(17)29-2/h3-11H,12H2,1-2H3,(H,25,28). The fourth-order valence-corrected chi connectivity index (χ4v) is 3.32. The van der Waals surface area contributed by atoms with Crippen LogP contribution in [0.2, 0.25) is 0 Å². The molecular formula is C21H18F3N3O2S. The highest BCUT2D eigenvalue weighted by Gasteiger charge is 2.31. The summed E-state index contributed by atoms with van der Waals surface area (Å²) in [4.78, 5) is 12.2. The van der Waals surface area contributed by atoms with Crippen molar-refractivity contribution < 1.29 is 22.7 Å². The van der Waals surface area contributed by atoms with E-state index >= 15 is 0 Å². The summed E-state index contributed by atoms with van der Waals surface area (Å²) >= 11 is 1.13. The second kappa shape index (κ2) is 9.17. The molecule has 0 bridgehead atoms. The second-order valence-corrected chi connectivity index (χ2v) is 7.32. The number of ether oxygens (including phenoxy) is 1. The van der Waals surface area contributed by atoms with E-state index in [1.165, 1.54) is 13.2 Å². The highest BCUT2D eigenvalue weighted by Crippen LogP contribution is 2.35. The van der Waals surface area contributed by atoms with E-state index < -0.39 is 17.6 Å². The minimum atomic E-state index is -4.52. The maximum Gasteiger partial charge on any atom is 0.416 e. The largest absolute Gasteiger partial charge is 0.495 e. The van der Waals surface area contributed by atoms with Gasteiger partial charge in [0.2, 0.25) is 5.91 Å². The second-order valence-electron chi connectivity index (χ2n) is 6.32. The molecule has 0 aliphatic heterocycles. The first-order valence-electron chi connectivity index (χ1n) is 8.85. The van der Waals surface area contributed by atoms with Gasteiger partial charge in [0.05, 0.1) is 29.8 Å². The van der Waals surface area contributed by atoms with Crippen LogP contribution in [0.5, 0.6) is 5.75 Å². The maximum absolute atomic E-state index is 12.9. The Kier molecular flexibility index (Phi) is 6.61. The molecule has 0 aliphatic carbocycles. The van der Waals surface area contributed by atoms with E-state index in [9.17, 15) is 18.0 Å².